The highest BCUT2D eigenvalue weighted by Gasteiger charge is 2.20. The second-order valence-corrected chi connectivity index (χ2v) is 19.6. The number of carbonyl (C=O) groups is 1. The Morgan fingerprint density at radius 3 is 1.41 bits per heavy atom. The largest absolute Gasteiger partial charge is 0.756 e. The van der Waals surface area contributed by atoms with Crippen LogP contribution in [0.3, 0.4) is 0 Å². The summed E-state index contributed by atoms with van der Waals surface area (Å²) in [5.74, 6) is -0.331. The van der Waals surface area contributed by atoms with Crippen LogP contribution in [0, 0.1) is 0 Å². The third kappa shape index (κ3) is 47.9. The molecule has 0 aromatic rings. The van der Waals surface area contributed by atoms with Crippen LogP contribution in [0.15, 0.2) is 24.3 Å². The van der Waals surface area contributed by atoms with Gasteiger partial charge in [0.05, 0.1) is 34.4 Å². The lowest BCUT2D eigenvalue weighted by atomic mass is 10.0. The summed E-state index contributed by atoms with van der Waals surface area (Å²) >= 11 is 0. The molecule has 0 radical (unpaired) electrons. The van der Waals surface area contributed by atoms with E-state index in [0.29, 0.717) is 24.1 Å². The summed E-state index contributed by atoms with van der Waals surface area (Å²) in [5, 5.41) is 0. The molecule has 0 rings (SSSR count). The molecule has 0 aliphatic carbocycles. The van der Waals surface area contributed by atoms with E-state index in [1.54, 1.807) is 0 Å². The molecule has 2 unspecified atom stereocenters. The quantitative estimate of drug-likeness (QED) is 0.0198. The molecule has 0 spiro atoms. The molecular formula is C50H98NO7P. The summed E-state index contributed by atoms with van der Waals surface area (Å²) in [6.07, 6.45) is 50.5. The Morgan fingerprint density at radius 2 is 0.932 bits per heavy atom. The molecule has 350 valence electrons. The van der Waals surface area contributed by atoms with Crippen LogP contribution < -0.4 is 4.89 Å². The number of esters is 1. The van der Waals surface area contributed by atoms with Gasteiger partial charge in [0, 0.05) is 13.0 Å². The van der Waals surface area contributed by atoms with Gasteiger partial charge in [-0.05, 0) is 44.9 Å². The molecule has 0 saturated heterocycles. The van der Waals surface area contributed by atoms with Crippen molar-refractivity contribution in [1.29, 1.82) is 0 Å². The number of rotatable bonds is 47. The minimum absolute atomic E-state index is 0.0271. The average Bonchev–Trinajstić information content (AvgIpc) is 3.19. The van der Waals surface area contributed by atoms with Crippen molar-refractivity contribution in [1.82, 2.24) is 0 Å². The first-order chi connectivity index (χ1) is 28.6. The van der Waals surface area contributed by atoms with E-state index in [9.17, 15) is 14.3 Å². The second kappa shape index (κ2) is 43.6. The molecule has 0 bridgehead atoms. The van der Waals surface area contributed by atoms with Crippen LogP contribution in [0.4, 0.5) is 0 Å². The van der Waals surface area contributed by atoms with Crippen LogP contribution in [0.25, 0.3) is 0 Å². The standard InChI is InChI=1S/C50H98NO7P/c1-6-8-10-12-14-16-18-20-22-24-26-27-29-31-33-35-37-39-41-43-50(52)58-49(48-57-59(53,54)56-46-44-51(3,4)5)47-55-45-42-40-38-36-34-32-30-28-25-23-21-19-17-15-13-11-9-7-2/h15,17,21,23,49H,6-14,16,18-20,22,24-48H2,1-5H3/b17-15-,23-21-. The minimum Gasteiger partial charge on any atom is -0.756 e. The zero-order valence-electron chi connectivity index (χ0n) is 39.7. The van der Waals surface area contributed by atoms with Crippen LogP contribution in [0.1, 0.15) is 232 Å². The average molecular weight is 856 g/mol. The highest BCUT2D eigenvalue weighted by atomic mass is 31.2. The fourth-order valence-electron chi connectivity index (χ4n) is 7.11. The molecule has 0 fully saturated rings. The van der Waals surface area contributed by atoms with Crippen molar-refractivity contribution < 1.29 is 37.3 Å². The van der Waals surface area contributed by atoms with Crippen LogP contribution >= 0.6 is 7.82 Å². The Morgan fingerprint density at radius 1 is 0.525 bits per heavy atom. The molecule has 0 heterocycles. The predicted molar refractivity (Wildman–Crippen MR) is 250 cm³/mol. The molecular weight excluding hydrogens is 758 g/mol. The van der Waals surface area contributed by atoms with Crippen molar-refractivity contribution in [2.24, 2.45) is 0 Å². The molecule has 0 aromatic heterocycles. The summed E-state index contributed by atoms with van der Waals surface area (Å²) in [7, 11) is 1.36. The first-order valence-electron chi connectivity index (χ1n) is 25.1. The molecule has 8 nitrogen and oxygen atoms in total. The summed E-state index contributed by atoms with van der Waals surface area (Å²) in [6.45, 7) is 5.42. The van der Waals surface area contributed by atoms with E-state index in [1.807, 2.05) is 21.1 Å². The Balaban J connectivity index is 4.14. The van der Waals surface area contributed by atoms with Crippen LogP contribution in [0.2, 0.25) is 0 Å². The normalized spacial score (nSPS) is 13.8. The van der Waals surface area contributed by atoms with Gasteiger partial charge in [-0.2, -0.15) is 0 Å². The fraction of sp³-hybridized carbons (Fsp3) is 0.900. The minimum atomic E-state index is -4.53. The predicted octanol–water partition coefficient (Wildman–Crippen LogP) is 14.5. The van der Waals surface area contributed by atoms with Crippen molar-refractivity contribution in [3.63, 3.8) is 0 Å². The number of carbonyl (C=O) groups excluding carboxylic acids is 1. The fourth-order valence-corrected chi connectivity index (χ4v) is 7.84. The lowest BCUT2D eigenvalue weighted by molar-refractivity contribution is -0.870. The van der Waals surface area contributed by atoms with Crippen LogP contribution in [0.5, 0.6) is 0 Å². The lowest BCUT2D eigenvalue weighted by Gasteiger charge is -2.28. The van der Waals surface area contributed by atoms with Gasteiger partial charge < -0.3 is 27.9 Å². The molecule has 59 heavy (non-hydrogen) atoms. The number of likely N-dealkylation sites (N-methyl/N-ethyl adjacent to an activating group) is 1. The van der Waals surface area contributed by atoms with Gasteiger partial charge in [0.1, 0.15) is 19.3 Å². The Bertz CT molecular complexity index is 998. The number of quaternary nitrogens is 1. The number of ether oxygens (including phenoxy) is 2. The molecule has 0 aromatic carbocycles. The van der Waals surface area contributed by atoms with Crippen molar-refractivity contribution in [3.8, 4) is 0 Å². The smallest absolute Gasteiger partial charge is 0.306 e. The summed E-state index contributed by atoms with van der Waals surface area (Å²) in [6, 6.07) is 0. The lowest BCUT2D eigenvalue weighted by Crippen LogP contribution is -2.37. The Labute approximate surface area is 366 Å². The van der Waals surface area contributed by atoms with E-state index in [1.165, 1.54) is 173 Å². The van der Waals surface area contributed by atoms with Gasteiger partial charge in [-0.3, -0.25) is 9.36 Å². The Hall–Kier alpha value is -1.02. The van der Waals surface area contributed by atoms with Crippen molar-refractivity contribution in [2.75, 3.05) is 54.1 Å². The maximum atomic E-state index is 12.7. The van der Waals surface area contributed by atoms with E-state index in [2.05, 4.69) is 38.2 Å². The van der Waals surface area contributed by atoms with Gasteiger partial charge in [-0.15, -0.1) is 0 Å². The first kappa shape index (κ1) is 58.0. The number of phosphoric acid groups is 1. The zero-order valence-corrected chi connectivity index (χ0v) is 40.6. The Kier molecular flexibility index (Phi) is 42.9. The van der Waals surface area contributed by atoms with E-state index in [0.717, 1.165) is 38.5 Å². The molecule has 9 heteroatoms. The SMILES string of the molecule is CCCCC/C=C\C/C=C\CCCCCCCCCCOCC(COP(=O)([O-])OCC[N+](C)(C)C)OC(=O)CCCCCCCCCCCCCCCCCCCCC. The second-order valence-electron chi connectivity index (χ2n) is 18.2. The molecule has 0 saturated carbocycles. The van der Waals surface area contributed by atoms with Gasteiger partial charge in [-0.25, -0.2) is 0 Å². The van der Waals surface area contributed by atoms with Gasteiger partial charge in [0.15, 0.2) is 0 Å². The van der Waals surface area contributed by atoms with Gasteiger partial charge in [0.2, 0.25) is 0 Å². The van der Waals surface area contributed by atoms with Gasteiger partial charge in [0.25, 0.3) is 7.82 Å². The van der Waals surface area contributed by atoms with Crippen molar-refractivity contribution >= 4 is 13.8 Å². The van der Waals surface area contributed by atoms with Crippen molar-refractivity contribution in [2.45, 2.75) is 238 Å². The number of nitrogens with zero attached hydrogens (tertiary/aromatic N) is 1. The van der Waals surface area contributed by atoms with Crippen LogP contribution in [-0.2, 0) is 27.9 Å². The first-order valence-corrected chi connectivity index (χ1v) is 26.5. The maximum Gasteiger partial charge on any atom is 0.306 e. The number of hydrogen-bond donors (Lipinski definition) is 0. The molecule has 2 atom stereocenters. The molecule has 0 N–H and O–H groups in total. The summed E-state index contributed by atoms with van der Waals surface area (Å²) in [5.41, 5.74) is 0. The topological polar surface area (TPSA) is 94.1 Å². The van der Waals surface area contributed by atoms with E-state index < -0.39 is 13.9 Å². The highest BCUT2D eigenvalue weighted by Crippen LogP contribution is 2.38. The van der Waals surface area contributed by atoms with E-state index in [-0.39, 0.29) is 25.8 Å². The van der Waals surface area contributed by atoms with Gasteiger partial charge in [-0.1, -0.05) is 205 Å². The molecule has 0 aliphatic rings. The molecule has 0 amide bonds. The number of allylic oxidation sites excluding steroid dienone is 4. The molecule has 0 aliphatic heterocycles. The summed E-state index contributed by atoms with van der Waals surface area (Å²) in [4.78, 5) is 25.1. The third-order valence-corrected chi connectivity index (χ3v) is 12.0. The number of hydrogen-bond acceptors (Lipinski definition) is 7. The van der Waals surface area contributed by atoms with Crippen LogP contribution in [-0.4, -0.2) is 70.7 Å². The number of phosphoric ester groups is 1. The van der Waals surface area contributed by atoms with E-state index >= 15 is 0 Å². The monoisotopic (exact) mass is 856 g/mol. The summed E-state index contributed by atoms with van der Waals surface area (Å²) < 4.78 is 34.7. The zero-order chi connectivity index (χ0) is 43.4. The highest BCUT2D eigenvalue weighted by molar-refractivity contribution is 7.45. The van der Waals surface area contributed by atoms with Gasteiger partial charge >= 0.3 is 5.97 Å². The maximum absolute atomic E-state index is 12.7. The third-order valence-electron chi connectivity index (χ3n) is 11.0. The van der Waals surface area contributed by atoms with E-state index in [4.69, 9.17) is 18.5 Å². The van der Waals surface area contributed by atoms with Crippen molar-refractivity contribution in [3.05, 3.63) is 24.3 Å². The number of unbranched alkanes of at least 4 members (excludes halogenated alkanes) is 29.